The number of aromatic nitrogens is 1. The number of nitrogens with zero attached hydrogens (tertiary/aromatic N) is 1. The van der Waals surface area contributed by atoms with Gasteiger partial charge < -0.3 is 20.5 Å². The Bertz CT molecular complexity index is 1200. The third-order valence-electron chi connectivity index (χ3n) is 5.86. The molecule has 0 bridgehead atoms. The van der Waals surface area contributed by atoms with E-state index in [4.69, 9.17) is 4.74 Å². The van der Waals surface area contributed by atoms with Gasteiger partial charge in [-0.15, -0.1) is 0 Å². The molecule has 1 aromatic heterocycles. The maximum Gasteiger partial charge on any atom is 0.257 e. The number of hydrogen-bond donors (Lipinski definition) is 3. The SMILES string of the molecule is O=C(Cc1ccccc1O)NC1CCC(NC(=O)c2cc(F)cnc2Oc2ccc(F)cc2)CC1. The average molecular weight is 481 g/mol. The van der Waals surface area contributed by atoms with Crippen molar-refractivity contribution in [1.29, 1.82) is 0 Å². The van der Waals surface area contributed by atoms with Crippen molar-refractivity contribution in [3.8, 4) is 17.4 Å². The van der Waals surface area contributed by atoms with Crippen molar-refractivity contribution in [1.82, 2.24) is 15.6 Å². The molecule has 35 heavy (non-hydrogen) atoms. The second-order valence-corrected chi connectivity index (χ2v) is 8.46. The Labute approximate surface area is 201 Å². The zero-order valence-electron chi connectivity index (χ0n) is 18.8. The summed E-state index contributed by atoms with van der Waals surface area (Å²) >= 11 is 0. The van der Waals surface area contributed by atoms with Crippen molar-refractivity contribution >= 4 is 11.8 Å². The van der Waals surface area contributed by atoms with E-state index in [0.29, 0.717) is 31.2 Å². The Morgan fingerprint density at radius 1 is 0.943 bits per heavy atom. The molecule has 182 valence electrons. The molecule has 1 aliphatic rings. The lowest BCUT2D eigenvalue weighted by molar-refractivity contribution is -0.121. The Morgan fingerprint density at radius 3 is 2.29 bits per heavy atom. The molecule has 0 unspecified atom stereocenters. The Morgan fingerprint density at radius 2 is 1.60 bits per heavy atom. The highest BCUT2D eigenvalue weighted by molar-refractivity contribution is 5.96. The largest absolute Gasteiger partial charge is 0.508 e. The van der Waals surface area contributed by atoms with Crippen molar-refractivity contribution in [3.63, 3.8) is 0 Å². The molecule has 0 saturated heterocycles. The number of rotatable bonds is 7. The molecule has 1 saturated carbocycles. The molecule has 2 aromatic carbocycles. The molecule has 1 fully saturated rings. The van der Waals surface area contributed by atoms with E-state index in [0.717, 1.165) is 12.3 Å². The number of hydrogen-bond acceptors (Lipinski definition) is 5. The van der Waals surface area contributed by atoms with E-state index in [9.17, 15) is 23.5 Å². The standard InChI is InChI=1S/C26H25F2N3O4/c27-17-5-11-21(12-6-17)35-26-22(14-18(28)15-29-26)25(34)31-20-9-7-19(8-10-20)30-24(33)13-16-3-1-2-4-23(16)32/h1-6,11-12,14-15,19-20,32H,7-10,13H2,(H,30,33)(H,31,34). The van der Waals surface area contributed by atoms with E-state index in [1.54, 1.807) is 24.3 Å². The number of para-hydroxylation sites is 1. The average Bonchev–Trinajstić information content (AvgIpc) is 2.84. The fourth-order valence-electron chi connectivity index (χ4n) is 4.04. The highest BCUT2D eigenvalue weighted by atomic mass is 19.1. The third-order valence-corrected chi connectivity index (χ3v) is 5.86. The normalized spacial score (nSPS) is 17.4. The summed E-state index contributed by atoms with van der Waals surface area (Å²) in [7, 11) is 0. The molecule has 1 heterocycles. The van der Waals surface area contributed by atoms with E-state index in [-0.39, 0.29) is 47.4 Å². The van der Waals surface area contributed by atoms with Crippen LogP contribution in [-0.2, 0) is 11.2 Å². The van der Waals surface area contributed by atoms with Gasteiger partial charge in [-0.1, -0.05) is 18.2 Å². The summed E-state index contributed by atoms with van der Waals surface area (Å²) in [5.41, 5.74) is 0.501. The summed E-state index contributed by atoms with van der Waals surface area (Å²) in [6.45, 7) is 0. The molecule has 9 heteroatoms. The number of pyridine rings is 1. The first-order valence-corrected chi connectivity index (χ1v) is 11.3. The smallest absolute Gasteiger partial charge is 0.257 e. The van der Waals surface area contributed by atoms with Crippen molar-refractivity contribution in [2.75, 3.05) is 0 Å². The predicted molar refractivity (Wildman–Crippen MR) is 124 cm³/mol. The molecule has 3 N–H and O–H groups in total. The van der Waals surface area contributed by atoms with Crippen LogP contribution >= 0.6 is 0 Å². The summed E-state index contributed by atoms with van der Waals surface area (Å²) in [5.74, 6) is -1.55. The Hall–Kier alpha value is -4.01. The van der Waals surface area contributed by atoms with Crippen LogP contribution in [0.25, 0.3) is 0 Å². The number of carbonyl (C=O) groups is 2. The van der Waals surface area contributed by atoms with E-state index >= 15 is 0 Å². The molecule has 3 aromatic rings. The van der Waals surface area contributed by atoms with Gasteiger partial charge in [0, 0.05) is 17.6 Å². The molecule has 0 aliphatic heterocycles. The van der Waals surface area contributed by atoms with Crippen molar-refractivity contribution in [2.45, 2.75) is 44.2 Å². The van der Waals surface area contributed by atoms with Gasteiger partial charge in [-0.2, -0.15) is 0 Å². The minimum atomic E-state index is -0.683. The zero-order valence-corrected chi connectivity index (χ0v) is 18.8. The third kappa shape index (κ3) is 6.53. The first-order valence-electron chi connectivity index (χ1n) is 11.3. The number of aromatic hydroxyl groups is 1. The highest BCUT2D eigenvalue weighted by Crippen LogP contribution is 2.25. The van der Waals surface area contributed by atoms with Gasteiger partial charge >= 0.3 is 0 Å². The van der Waals surface area contributed by atoms with Crippen LogP contribution in [0.4, 0.5) is 8.78 Å². The maximum atomic E-state index is 13.8. The monoisotopic (exact) mass is 481 g/mol. The highest BCUT2D eigenvalue weighted by Gasteiger charge is 2.26. The fourth-order valence-corrected chi connectivity index (χ4v) is 4.04. The molecule has 2 amide bonds. The lowest BCUT2D eigenvalue weighted by atomic mass is 9.90. The van der Waals surface area contributed by atoms with Crippen LogP contribution in [0, 0.1) is 11.6 Å². The minimum Gasteiger partial charge on any atom is -0.508 e. The van der Waals surface area contributed by atoms with Gasteiger partial charge in [0.1, 0.15) is 28.7 Å². The fraction of sp³-hybridized carbons (Fsp3) is 0.269. The van der Waals surface area contributed by atoms with Gasteiger partial charge in [0.2, 0.25) is 11.8 Å². The van der Waals surface area contributed by atoms with Gasteiger partial charge in [0.15, 0.2) is 0 Å². The molecule has 1 aliphatic carbocycles. The number of phenols is 1. The summed E-state index contributed by atoms with van der Waals surface area (Å²) in [4.78, 5) is 29.1. The van der Waals surface area contributed by atoms with Crippen LogP contribution in [0.2, 0.25) is 0 Å². The number of halogens is 2. The van der Waals surface area contributed by atoms with E-state index < -0.39 is 17.5 Å². The molecule has 7 nitrogen and oxygen atoms in total. The number of phenolic OH excluding ortho intramolecular Hbond substituents is 1. The first-order chi connectivity index (χ1) is 16.9. The summed E-state index contributed by atoms with van der Waals surface area (Å²) in [6, 6.07) is 12.8. The van der Waals surface area contributed by atoms with E-state index in [1.165, 1.54) is 24.3 Å². The Balaban J connectivity index is 1.31. The van der Waals surface area contributed by atoms with Gasteiger partial charge in [-0.05, 0) is 62.1 Å². The van der Waals surface area contributed by atoms with Crippen molar-refractivity contribution < 1.29 is 28.2 Å². The van der Waals surface area contributed by atoms with Crippen molar-refractivity contribution in [3.05, 3.63) is 83.6 Å². The molecular weight excluding hydrogens is 456 g/mol. The topological polar surface area (TPSA) is 101 Å². The van der Waals surface area contributed by atoms with Gasteiger partial charge in [-0.3, -0.25) is 9.59 Å². The second-order valence-electron chi connectivity index (χ2n) is 8.46. The maximum absolute atomic E-state index is 13.8. The number of carbonyl (C=O) groups excluding carboxylic acids is 2. The number of nitrogens with one attached hydrogen (secondary N) is 2. The van der Waals surface area contributed by atoms with Crippen molar-refractivity contribution in [2.24, 2.45) is 0 Å². The molecule has 0 radical (unpaired) electrons. The van der Waals surface area contributed by atoms with Crippen LogP contribution in [0.15, 0.2) is 60.8 Å². The summed E-state index contributed by atoms with van der Waals surface area (Å²) in [5, 5.41) is 15.7. The van der Waals surface area contributed by atoms with Crippen LogP contribution in [0.1, 0.15) is 41.6 Å². The van der Waals surface area contributed by atoms with Crippen LogP contribution in [0.5, 0.6) is 17.4 Å². The lowest BCUT2D eigenvalue weighted by Gasteiger charge is -2.29. The summed E-state index contributed by atoms with van der Waals surface area (Å²) in [6.07, 6.45) is 3.62. The number of benzene rings is 2. The van der Waals surface area contributed by atoms with Crippen LogP contribution < -0.4 is 15.4 Å². The van der Waals surface area contributed by atoms with Gasteiger partial charge in [0.25, 0.3) is 5.91 Å². The first kappa shape index (κ1) is 24.1. The number of ether oxygens (including phenoxy) is 1. The Kier molecular flexibility index (Phi) is 7.54. The molecule has 0 spiro atoms. The zero-order chi connectivity index (χ0) is 24.8. The number of amides is 2. The molecule has 0 atom stereocenters. The van der Waals surface area contributed by atoms with E-state index in [1.807, 2.05) is 0 Å². The second kappa shape index (κ2) is 10.9. The van der Waals surface area contributed by atoms with Gasteiger partial charge in [-0.25, -0.2) is 13.8 Å². The molecule has 4 rings (SSSR count). The summed E-state index contributed by atoms with van der Waals surface area (Å²) < 4.78 is 32.5. The molecular formula is C26H25F2N3O4. The lowest BCUT2D eigenvalue weighted by Crippen LogP contribution is -2.44. The van der Waals surface area contributed by atoms with Crippen LogP contribution in [-0.4, -0.2) is 34.0 Å². The quantitative estimate of drug-likeness (QED) is 0.468. The van der Waals surface area contributed by atoms with Crippen LogP contribution in [0.3, 0.4) is 0 Å². The van der Waals surface area contributed by atoms with Gasteiger partial charge in [0.05, 0.1) is 12.6 Å². The van der Waals surface area contributed by atoms with E-state index in [2.05, 4.69) is 15.6 Å². The predicted octanol–water partition coefficient (Wildman–Crippen LogP) is 4.26. The minimum absolute atomic E-state index is 0.0327.